The lowest BCUT2D eigenvalue weighted by molar-refractivity contribution is 0.319. The van der Waals surface area contributed by atoms with Crippen molar-refractivity contribution in [2.24, 2.45) is 20.7 Å². The minimum atomic E-state index is -0.534. The van der Waals surface area contributed by atoms with E-state index in [4.69, 9.17) is 0 Å². The van der Waals surface area contributed by atoms with Crippen molar-refractivity contribution in [1.82, 2.24) is 4.90 Å². The van der Waals surface area contributed by atoms with Gasteiger partial charge in [-0.3, -0.25) is 0 Å². The van der Waals surface area contributed by atoms with Gasteiger partial charge in [0.1, 0.15) is 0 Å². The predicted molar refractivity (Wildman–Crippen MR) is 54.1 cm³/mol. The van der Waals surface area contributed by atoms with Crippen LogP contribution >= 0.6 is 12.6 Å². The summed E-state index contributed by atoms with van der Waals surface area (Å²) in [6.45, 7) is 2.87. The second-order valence-corrected chi connectivity index (χ2v) is 4.26. The van der Waals surface area contributed by atoms with Crippen molar-refractivity contribution in [2.45, 2.75) is 24.3 Å². The molecule has 6 heteroatoms. The summed E-state index contributed by atoms with van der Waals surface area (Å²) < 4.78 is 0. The van der Waals surface area contributed by atoms with Gasteiger partial charge in [-0.2, -0.15) is 12.6 Å². The lowest BCUT2D eigenvalue weighted by atomic mass is 10.0. The first-order valence-electron chi connectivity index (χ1n) is 4.24. The molecule has 1 aliphatic heterocycles. The Kier molecular flexibility index (Phi) is 3.38. The summed E-state index contributed by atoms with van der Waals surface area (Å²) in [6, 6.07) is 0. The summed E-state index contributed by atoms with van der Waals surface area (Å²) in [5, 5.41) is 15.2. The van der Waals surface area contributed by atoms with E-state index in [1.54, 1.807) is 0 Å². The molecule has 0 aromatic carbocycles. The van der Waals surface area contributed by atoms with E-state index in [2.05, 4.69) is 38.2 Å². The van der Waals surface area contributed by atoms with Gasteiger partial charge in [0.15, 0.2) is 0 Å². The smallest absolute Gasteiger partial charge is 0.207 e. The molecule has 0 radical (unpaired) electrons. The van der Waals surface area contributed by atoms with Crippen LogP contribution in [0.3, 0.4) is 0 Å². The van der Waals surface area contributed by atoms with Gasteiger partial charge in [-0.25, -0.2) is 0 Å². The lowest BCUT2D eigenvalue weighted by Gasteiger charge is -2.24. The molecule has 1 atom stereocenters. The third-order valence-corrected chi connectivity index (χ3v) is 2.49. The Hall–Kier alpha value is -0.490. The van der Waals surface area contributed by atoms with Crippen LogP contribution in [-0.2, 0) is 0 Å². The summed E-state index contributed by atoms with van der Waals surface area (Å²) >= 11 is 4.36. The zero-order valence-electron chi connectivity index (χ0n) is 8.17. The van der Waals surface area contributed by atoms with E-state index in [1.165, 1.54) is 0 Å². The van der Waals surface area contributed by atoms with Crippen LogP contribution in [0, 0.1) is 0 Å². The fourth-order valence-corrected chi connectivity index (χ4v) is 1.31. The molecule has 0 aliphatic carbocycles. The molecule has 5 nitrogen and oxygen atoms in total. The highest BCUT2D eigenvalue weighted by Gasteiger charge is 2.37. The summed E-state index contributed by atoms with van der Waals surface area (Å²) in [5.74, 6) is 0. The van der Waals surface area contributed by atoms with E-state index in [0.29, 0.717) is 0 Å². The van der Waals surface area contributed by atoms with Gasteiger partial charge in [0.05, 0.1) is 0 Å². The zero-order chi connectivity index (χ0) is 9.90. The molecule has 1 aliphatic rings. The van der Waals surface area contributed by atoms with Crippen molar-refractivity contribution in [3.8, 4) is 0 Å². The molecule has 0 bridgehead atoms. The van der Waals surface area contributed by atoms with Crippen molar-refractivity contribution in [3.05, 3.63) is 0 Å². The normalized spacial score (nSPS) is 21.3. The van der Waals surface area contributed by atoms with Crippen molar-refractivity contribution in [2.75, 3.05) is 20.6 Å². The first-order valence-corrected chi connectivity index (χ1v) is 4.75. The topological polar surface area (TPSA) is 52.7 Å². The average Bonchev–Trinajstić information content (AvgIpc) is 2.50. The van der Waals surface area contributed by atoms with E-state index in [9.17, 15) is 0 Å². The molecular formula is C7H15N5S. The third kappa shape index (κ3) is 2.47. The van der Waals surface area contributed by atoms with E-state index in [-0.39, 0.29) is 5.25 Å². The first kappa shape index (κ1) is 10.6. The van der Waals surface area contributed by atoms with Crippen LogP contribution in [0.15, 0.2) is 20.7 Å². The highest BCUT2D eigenvalue weighted by Crippen LogP contribution is 2.31. The fraction of sp³-hybridized carbons (Fsp3) is 1.00. The van der Waals surface area contributed by atoms with Crippen LogP contribution in [0.5, 0.6) is 0 Å². The Morgan fingerprint density at radius 1 is 1.31 bits per heavy atom. The molecule has 0 saturated carbocycles. The molecule has 0 fully saturated rings. The molecule has 13 heavy (non-hydrogen) atoms. The standard InChI is InChI=1S/C7H15N5S/c1-6(13)7(4-5-12(2)3)8-10-11-9-7/h6,13H,4-5H2,1-3H3. The van der Waals surface area contributed by atoms with Crippen LogP contribution in [0.25, 0.3) is 0 Å². The number of hydrogen-bond acceptors (Lipinski definition) is 6. The van der Waals surface area contributed by atoms with E-state index in [1.807, 2.05) is 21.0 Å². The molecule has 1 heterocycles. The number of hydrogen-bond donors (Lipinski definition) is 1. The average molecular weight is 201 g/mol. The minimum absolute atomic E-state index is 0.0439. The fourth-order valence-electron chi connectivity index (χ4n) is 1.08. The Morgan fingerprint density at radius 2 is 1.85 bits per heavy atom. The Labute approximate surface area is 83.7 Å². The van der Waals surface area contributed by atoms with Crippen LogP contribution in [-0.4, -0.2) is 36.5 Å². The molecule has 0 saturated heterocycles. The van der Waals surface area contributed by atoms with Gasteiger partial charge in [-0.1, -0.05) is 0 Å². The van der Waals surface area contributed by atoms with E-state index < -0.39 is 5.66 Å². The Morgan fingerprint density at radius 3 is 2.23 bits per heavy atom. The van der Waals surface area contributed by atoms with E-state index in [0.717, 1.165) is 13.0 Å². The van der Waals surface area contributed by atoms with Crippen LogP contribution in [0.2, 0.25) is 0 Å². The molecule has 0 aromatic heterocycles. The van der Waals surface area contributed by atoms with Gasteiger partial charge >= 0.3 is 0 Å². The molecule has 0 spiro atoms. The first-order chi connectivity index (χ1) is 6.07. The van der Waals surface area contributed by atoms with Gasteiger partial charge in [0.2, 0.25) is 5.66 Å². The third-order valence-electron chi connectivity index (χ3n) is 2.07. The van der Waals surface area contributed by atoms with Gasteiger partial charge in [0.25, 0.3) is 0 Å². The summed E-state index contributed by atoms with van der Waals surface area (Å²) in [6.07, 6.45) is 0.803. The van der Waals surface area contributed by atoms with Crippen LogP contribution < -0.4 is 0 Å². The van der Waals surface area contributed by atoms with Crippen molar-refractivity contribution in [1.29, 1.82) is 0 Å². The SMILES string of the molecule is CC(S)C1(CCN(C)C)N=NN=N1. The van der Waals surface area contributed by atoms with Crippen molar-refractivity contribution in [3.63, 3.8) is 0 Å². The maximum Gasteiger partial charge on any atom is 0.207 e. The quantitative estimate of drug-likeness (QED) is 0.693. The Bertz CT molecular complexity index is 211. The summed E-state index contributed by atoms with van der Waals surface area (Å²) in [7, 11) is 4.03. The largest absolute Gasteiger partial charge is 0.309 e. The number of thiol groups is 1. The Balaban J connectivity index is 2.59. The lowest BCUT2D eigenvalue weighted by Crippen LogP contribution is -2.35. The van der Waals surface area contributed by atoms with Gasteiger partial charge in [0, 0.05) is 18.2 Å². The maximum atomic E-state index is 4.36. The molecular weight excluding hydrogens is 186 g/mol. The highest BCUT2D eigenvalue weighted by atomic mass is 32.1. The van der Waals surface area contributed by atoms with Gasteiger partial charge < -0.3 is 4.90 Å². The summed E-state index contributed by atoms with van der Waals surface area (Å²) in [5.41, 5.74) is -0.534. The van der Waals surface area contributed by atoms with Crippen LogP contribution in [0.1, 0.15) is 13.3 Å². The minimum Gasteiger partial charge on any atom is -0.309 e. The van der Waals surface area contributed by atoms with Crippen LogP contribution in [0.4, 0.5) is 0 Å². The predicted octanol–water partition coefficient (Wildman–Crippen LogP) is 1.79. The molecule has 0 amide bonds. The molecule has 74 valence electrons. The molecule has 1 rings (SSSR count). The van der Waals surface area contributed by atoms with Crippen molar-refractivity contribution < 1.29 is 0 Å². The zero-order valence-corrected chi connectivity index (χ0v) is 9.07. The molecule has 0 aromatic rings. The molecule has 0 N–H and O–H groups in total. The van der Waals surface area contributed by atoms with Gasteiger partial charge in [-0.05, 0) is 31.5 Å². The summed E-state index contributed by atoms with van der Waals surface area (Å²) in [4.78, 5) is 2.08. The van der Waals surface area contributed by atoms with Gasteiger partial charge in [-0.15, -0.1) is 10.2 Å². The highest BCUT2D eigenvalue weighted by molar-refractivity contribution is 7.81. The van der Waals surface area contributed by atoms with E-state index >= 15 is 0 Å². The van der Waals surface area contributed by atoms with Crippen molar-refractivity contribution >= 4 is 12.6 Å². The number of nitrogens with zero attached hydrogens (tertiary/aromatic N) is 5. The molecule has 1 unspecified atom stereocenters. The monoisotopic (exact) mass is 201 g/mol. The second-order valence-electron chi connectivity index (χ2n) is 3.49. The second kappa shape index (κ2) is 4.15. The number of rotatable bonds is 4. The maximum absolute atomic E-state index is 4.36.